The van der Waals surface area contributed by atoms with Crippen LogP contribution in [0.15, 0.2) is 85.2 Å². The summed E-state index contributed by atoms with van der Waals surface area (Å²) in [6.45, 7) is 2.50. The number of carboxylic acid groups (broad SMARTS) is 1. The SMILES string of the molecule is NC(=O)N1CCN(c2ccccn2)CC1.Nc1nccc2ccc(C(=O)N(CC(=O)O)c3ccccc3)cc12. The third-order valence-electron chi connectivity index (χ3n) is 6.21. The number of hydrogen-bond acceptors (Lipinski definition) is 7. The van der Waals surface area contributed by atoms with Gasteiger partial charge in [0.15, 0.2) is 0 Å². The Morgan fingerprint density at radius 3 is 2.23 bits per heavy atom. The Hall–Kier alpha value is -5.19. The number of nitrogens with zero attached hydrogens (tertiary/aromatic N) is 5. The van der Waals surface area contributed by atoms with Gasteiger partial charge in [-0.1, -0.05) is 30.3 Å². The van der Waals surface area contributed by atoms with E-state index in [-0.39, 0.29) is 6.03 Å². The summed E-state index contributed by atoms with van der Waals surface area (Å²) in [5.41, 5.74) is 11.9. The van der Waals surface area contributed by atoms with Crippen molar-refractivity contribution in [2.24, 2.45) is 5.73 Å². The molecule has 0 bridgehead atoms. The quantitative estimate of drug-likeness (QED) is 0.357. The van der Waals surface area contributed by atoms with Crippen molar-refractivity contribution in [1.29, 1.82) is 0 Å². The van der Waals surface area contributed by atoms with Crippen molar-refractivity contribution in [2.45, 2.75) is 0 Å². The minimum atomic E-state index is -1.09. The molecule has 1 aliphatic heterocycles. The normalized spacial score (nSPS) is 12.8. The maximum atomic E-state index is 12.8. The Bertz CT molecular complexity index is 1440. The number of amides is 3. The number of para-hydroxylation sites is 1. The van der Waals surface area contributed by atoms with Crippen LogP contribution in [0, 0.1) is 0 Å². The van der Waals surface area contributed by atoms with E-state index in [1.807, 2.05) is 18.2 Å². The number of primary amides is 1. The van der Waals surface area contributed by atoms with Gasteiger partial charge >= 0.3 is 12.0 Å². The molecule has 3 heterocycles. The first-order valence-corrected chi connectivity index (χ1v) is 12.3. The zero-order chi connectivity index (χ0) is 27.8. The molecule has 0 saturated carbocycles. The van der Waals surface area contributed by atoms with E-state index in [9.17, 15) is 14.4 Å². The number of aliphatic carboxylic acids is 1. The first-order chi connectivity index (χ1) is 18.8. The van der Waals surface area contributed by atoms with Gasteiger partial charge in [0.05, 0.1) is 0 Å². The van der Waals surface area contributed by atoms with E-state index < -0.39 is 18.4 Å². The van der Waals surface area contributed by atoms with Crippen molar-refractivity contribution in [1.82, 2.24) is 14.9 Å². The summed E-state index contributed by atoms with van der Waals surface area (Å²) in [4.78, 5) is 48.2. The summed E-state index contributed by atoms with van der Waals surface area (Å²) in [5.74, 6) is -0.212. The summed E-state index contributed by atoms with van der Waals surface area (Å²) in [6.07, 6.45) is 3.37. The average molecular weight is 528 g/mol. The Balaban J connectivity index is 0.000000202. The molecule has 0 atom stereocenters. The smallest absolute Gasteiger partial charge is 0.323 e. The minimum absolute atomic E-state index is 0.326. The highest BCUT2D eigenvalue weighted by atomic mass is 16.4. The number of hydrogen-bond donors (Lipinski definition) is 3. The Labute approximate surface area is 225 Å². The number of carbonyl (C=O) groups excluding carboxylic acids is 2. The molecule has 0 aliphatic carbocycles. The van der Waals surface area contributed by atoms with E-state index in [1.165, 1.54) is 4.90 Å². The predicted octanol–water partition coefficient (Wildman–Crippen LogP) is 2.83. The lowest BCUT2D eigenvalue weighted by atomic mass is 10.1. The van der Waals surface area contributed by atoms with E-state index in [4.69, 9.17) is 16.6 Å². The maximum Gasteiger partial charge on any atom is 0.323 e. The second kappa shape index (κ2) is 12.4. The van der Waals surface area contributed by atoms with Gasteiger partial charge in [-0.05, 0) is 47.9 Å². The number of carbonyl (C=O) groups is 3. The molecule has 4 aromatic rings. The Kier molecular flexibility index (Phi) is 8.52. The molecule has 5 rings (SSSR count). The van der Waals surface area contributed by atoms with Crippen LogP contribution in [0.2, 0.25) is 0 Å². The van der Waals surface area contributed by atoms with Crippen LogP contribution in [0.5, 0.6) is 0 Å². The Morgan fingerprint density at radius 2 is 1.59 bits per heavy atom. The highest BCUT2D eigenvalue weighted by molar-refractivity contribution is 6.10. The van der Waals surface area contributed by atoms with Crippen LogP contribution < -0.4 is 21.3 Å². The molecule has 0 radical (unpaired) electrons. The van der Waals surface area contributed by atoms with Gasteiger partial charge in [0, 0.05) is 55.2 Å². The lowest BCUT2D eigenvalue weighted by molar-refractivity contribution is -0.135. The molecule has 2 aromatic carbocycles. The standard InChI is InChI=1S/C18H15N3O3.C10H14N4O/c19-17-15-10-13(7-6-12(15)8-9-20-17)18(24)21(11-16(22)23)14-4-2-1-3-5-14;11-10(15)14-7-5-13(6-8-14)9-3-1-2-4-12-9/h1-10H,11H2,(H2,19,20)(H,22,23);1-4H,5-8H2,(H2,11,15). The van der Waals surface area contributed by atoms with Gasteiger partial charge in [-0.25, -0.2) is 14.8 Å². The number of fused-ring (bicyclic) bond motifs is 1. The molecule has 3 amide bonds. The van der Waals surface area contributed by atoms with Gasteiger partial charge < -0.3 is 26.4 Å². The highest BCUT2D eigenvalue weighted by Gasteiger charge is 2.21. The van der Waals surface area contributed by atoms with E-state index in [0.29, 0.717) is 35.5 Å². The monoisotopic (exact) mass is 527 g/mol. The lowest BCUT2D eigenvalue weighted by Crippen LogP contribution is -2.50. The zero-order valence-electron chi connectivity index (χ0n) is 21.2. The third kappa shape index (κ3) is 6.77. The number of pyridine rings is 2. The molecule has 1 fully saturated rings. The number of benzene rings is 2. The van der Waals surface area contributed by atoms with Crippen molar-refractivity contribution in [3.05, 3.63) is 90.8 Å². The molecule has 11 nitrogen and oxygen atoms in total. The molecule has 0 unspecified atom stereocenters. The summed E-state index contributed by atoms with van der Waals surface area (Å²) in [7, 11) is 0. The summed E-state index contributed by atoms with van der Waals surface area (Å²) in [6, 6.07) is 21.0. The van der Waals surface area contributed by atoms with E-state index in [0.717, 1.165) is 24.3 Å². The van der Waals surface area contributed by atoms with Gasteiger partial charge in [-0.15, -0.1) is 0 Å². The number of carboxylic acids is 1. The molecular formula is C28H29N7O4. The maximum absolute atomic E-state index is 12.8. The van der Waals surface area contributed by atoms with Gasteiger partial charge in [-0.2, -0.15) is 0 Å². The van der Waals surface area contributed by atoms with Crippen molar-refractivity contribution in [2.75, 3.05) is 48.3 Å². The number of aromatic nitrogens is 2. The van der Waals surface area contributed by atoms with Crippen LogP contribution in [0.3, 0.4) is 0 Å². The summed E-state index contributed by atoms with van der Waals surface area (Å²) >= 11 is 0. The van der Waals surface area contributed by atoms with Crippen LogP contribution in [-0.2, 0) is 4.79 Å². The zero-order valence-corrected chi connectivity index (χ0v) is 21.2. The fourth-order valence-electron chi connectivity index (χ4n) is 4.20. The predicted molar refractivity (Wildman–Crippen MR) is 150 cm³/mol. The first kappa shape index (κ1) is 26.9. The van der Waals surface area contributed by atoms with Crippen molar-refractivity contribution < 1.29 is 19.5 Å². The second-order valence-corrected chi connectivity index (χ2v) is 8.75. The highest BCUT2D eigenvalue weighted by Crippen LogP contribution is 2.23. The first-order valence-electron chi connectivity index (χ1n) is 12.3. The van der Waals surface area contributed by atoms with E-state index in [1.54, 1.807) is 71.9 Å². The van der Waals surface area contributed by atoms with Gasteiger partial charge in [-0.3, -0.25) is 14.5 Å². The van der Waals surface area contributed by atoms with Gasteiger partial charge in [0.25, 0.3) is 5.91 Å². The summed E-state index contributed by atoms with van der Waals surface area (Å²) in [5, 5.41) is 10.7. The Morgan fingerprint density at radius 1 is 0.872 bits per heavy atom. The van der Waals surface area contributed by atoms with Crippen LogP contribution in [0.1, 0.15) is 10.4 Å². The molecule has 0 spiro atoms. The van der Waals surface area contributed by atoms with Crippen molar-refractivity contribution in [3.8, 4) is 0 Å². The minimum Gasteiger partial charge on any atom is -0.480 e. The molecule has 39 heavy (non-hydrogen) atoms. The molecule has 5 N–H and O–H groups in total. The molecule has 1 aliphatic rings. The average Bonchev–Trinajstić information content (AvgIpc) is 2.97. The van der Waals surface area contributed by atoms with Crippen LogP contribution >= 0.6 is 0 Å². The molecule has 1 saturated heterocycles. The largest absolute Gasteiger partial charge is 0.480 e. The van der Waals surface area contributed by atoms with Crippen molar-refractivity contribution >= 4 is 46.0 Å². The molecule has 200 valence electrons. The topological polar surface area (TPSA) is 159 Å². The lowest BCUT2D eigenvalue weighted by Gasteiger charge is -2.34. The van der Waals surface area contributed by atoms with Crippen LogP contribution in [0.25, 0.3) is 10.8 Å². The second-order valence-electron chi connectivity index (χ2n) is 8.75. The van der Waals surface area contributed by atoms with Gasteiger partial charge in [0.1, 0.15) is 18.2 Å². The number of nitrogens with two attached hydrogens (primary N) is 2. The summed E-state index contributed by atoms with van der Waals surface area (Å²) < 4.78 is 0. The van der Waals surface area contributed by atoms with E-state index in [2.05, 4.69) is 14.9 Å². The fourth-order valence-corrected chi connectivity index (χ4v) is 4.20. The number of rotatable bonds is 5. The van der Waals surface area contributed by atoms with E-state index >= 15 is 0 Å². The third-order valence-corrected chi connectivity index (χ3v) is 6.21. The van der Waals surface area contributed by atoms with Gasteiger partial charge in [0.2, 0.25) is 0 Å². The molecule has 2 aromatic heterocycles. The van der Waals surface area contributed by atoms with Crippen LogP contribution in [0.4, 0.5) is 22.1 Å². The number of piperazine rings is 1. The molecule has 11 heteroatoms. The van der Waals surface area contributed by atoms with Crippen LogP contribution in [-0.4, -0.2) is 70.6 Å². The number of nitrogen functional groups attached to an aromatic ring is 1. The number of urea groups is 1. The van der Waals surface area contributed by atoms with Crippen molar-refractivity contribution in [3.63, 3.8) is 0 Å². The number of anilines is 3. The molecular weight excluding hydrogens is 498 g/mol. The fraction of sp³-hybridized carbons (Fsp3) is 0.179.